The lowest BCUT2D eigenvalue weighted by atomic mass is 9.94. The molecule has 1 atom stereocenters. The van der Waals surface area contributed by atoms with E-state index in [9.17, 15) is 19.8 Å². The molecule has 7 nitrogen and oxygen atoms in total. The van der Waals surface area contributed by atoms with Crippen molar-refractivity contribution in [2.75, 3.05) is 12.0 Å². The zero-order chi connectivity index (χ0) is 20.5. The standard InChI is InChI=1S/C22H17NO6/c1-28-16-6-3-2-5-15(16)23-19(13-8-10-14(24)11-9-13)18(21(26)22(23)27)20(25)17-7-4-12-29-17/h2-12,19,24,26H,1H3. The number of anilines is 1. The Hall–Kier alpha value is -4.00. The van der Waals surface area contributed by atoms with Gasteiger partial charge in [0, 0.05) is 0 Å². The Labute approximate surface area is 166 Å². The van der Waals surface area contributed by atoms with Crippen LogP contribution < -0.4 is 9.64 Å². The quantitative estimate of drug-likeness (QED) is 0.642. The van der Waals surface area contributed by atoms with E-state index in [1.165, 1.54) is 36.5 Å². The number of ether oxygens (including phenoxy) is 1. The highest BCUT2D eigenvalue weighted by molar-refractivity contribution is 6.20. The van der Waals surface area contributed by atoms with Crippen LogP contribution in [0.2, 0.25) is 0 Å². The van der Waals surface area contributed by atoms with Crippen molar-refractivity contribution in [1.29, 1.82) is 0 Å². The Bertz CT molecular complexity index is 1100. The molecule has 0 aliphatic carbocycles. The minimum absolute atomic E-state index is 0.00463. The fourth-order valence-corrected chi connectivity index (χ4v) is 3.43. The second kappa shape index (κ2) is 7.20. The molecule has 1 aliphatic rings. The summed E-state index contributed by atoms with van der Waals surface area (Å²) in [5.74, 6) is -1.54. The second-order valence-electron chi connectivity index (χ2n) is 6.41. The number of nitrogens with zero attached hydrogens (tertiary/aromatic N) is 1. The average Bonchev–Trinajstić information content (AvgIpc) is 3.36. The van der Waals surface area contributed by atoms with Crippen LogP contribution in [0.1, 0.15) is 22.2 Å². The van der Waals surface area contributed by atoms with Crippen LogP contribution in [-0.4, -0.2) is 29.0 Å². The molecule has 146 valence electrons. The lowest BCUT2D eigenvalue weighted by Gasteiger charge is -2.28. The molecule has 7 heteroatoms. The highest BCUT2D eigenvalue weighted by atomic mass is 16.5. The number of benzene rings is 2. The number of aliphatic hydroxyl groups is 1. The van der Waals surface area contributed by atoms with Crippen molar-refractivity contribution in [3.8, 4) is 11.5 Å². The predicted octanol–water partition coefficient (Wildman–Crippen LogP) is 3.78. The maximum atomic E-state index is 13.1. The van der Waals surface area contributed by atoms with E-state index in [0.29, 0.717) is 17.0 Å². The minimum atomic E-state index is -0.933. The van der Waals surface area contributed by atoms with Gasteiger partial charge >= 0.3 is 0 Å². The van der Waals surface area contributed by atoms with E-state index in [2.05, 4.69) is 0 Å². The summed E-state index contributed by atoms with van der Waals surface area (Å²) in [6.45, 7) is 0. The topological polar surface area (TPSA) is 100 Å². The first kappa shape index (κ1) is 18.4. The van der Waals surface area contributed by atoms with Gasteiger partial charge in [0.25, 0.3) is 5.91 Å². The molecule has 0 fully saturated rings. The van der Waals surface area contributed by atoms with E-state index in [4.69, 9.17) is 9.15 Å². The van der Waals surface area contributed by atoms with Crippen LogP contribution >= 0.6 is 0 Å². The number of carbonyl (C=O) groups excluding carboxylic acids is 2. The van der Waals surface area contributed by atoms with E-state index in [0.717, 1.165) is 0 Å². The first-order valence-corrected chi connectivity index (χ1v) is 8.79. The van der Waals surface area contributed by atoms with Crippen LogP contribution in [0.25, 0.3) is 0 Å². The Morgan fingerprint density at radius 1 is 1.03 bits per heavy atom. The smallest absolute Gasteiger partial charge is 0.294 e. The molecule has 0 saturated carbocycles. The Morgan fingerprint density at radius 2 is 1.76 bits per heavy atom. The number of furan rings is 1. The molecule has 1 aliphatic heterocycles. The first-order chi connectivity index (χ1) is 14.0. The number of aromatic hydroxyl groups is 1. The lowest BCUT2D eigenvalue weighted by molar-refractivity contribution is -0.117. The van der Waals surface area contributed by atoms with Crippen molar-refractivity contribution >= 4 is 17.4 Å². The molecule has 1 unspecified atom stereocenters. The number of phenolic OH excluding ortho intramolecular Hbond substituents is 1. The highest BCUT2D eigenvalue weighted by Gasteiger charge is 2.46. The van der Waals surface area contributed by atoms with E-state index < -0.39 is 23.5 Å². The fraction of sp³-hybridized carbons (Fsp3) is 0.0909. The number of hydrogen-bond donors (Lipinski definition) is 2. The predicted molar refractivity (Wildman–Crippen MR) is 104 cm³/mol. The molecule has 2 N–H and O–H groups in total. The number of phenols is 1. The summed E-state index contributed by atoms with van der Waals surface area (Å²) in [6, 6.07) is 15.0. The van der Waals surface area contributed by atoms with Crippen LogP contribution in [0, 0.1) is 0 Å². The van der Waals surface area contributed by atoms with Gasteiger partial charge in [0.2, 0.25) is 5.78 Å². The third-order valence-electron chi connectivity index (χ3n) is 4.75. The Kier molecular flexibility index (Phi) is 4.56. The molecule has 0 saturated heterocycles. The van der Waals surface area contributed by atoms with Crippen molar-refractivity contribution in [3.63, 3.8) is 0 Å². The van der Waals surface area contributed by atoms with Crippen LogP contribution in [-0.2, 0) is 4.79 Å². The van der Waals surface area contributed by atoms with E-state index >= 15 is 0 Å². The molecular weight excluding hydrogens is 374 g/mol. The van der Waals surface area contributed by atoms with Crippen molar-refractivity contribution in [2.24, 2.45) is 0 Å². The van der Waals surface area contributed by atoms with Crippen molar-refractivity contribution in [3.05, 3.63) is 89.6 Å². The molecule has 1 aromatic heterocycles. The Morgan fingerprint density at radius 3 is 2.41 bits per heavy atom. The van der Waals surface area contributed by atoms with E-state index in [-0.39, 0.29) is 17.1 Å². The number of hydrogen-bond acceptors (Lipinski definition) is 6. The normalized spacial score (nSPS) is 16.4. The molecule has 0 bridgehead atoms. The first-order valence-electron chi connectivity index (χ1n) is 8.79. The molecule has 2 heterocycles. The van der Waals surface area contributed by atoms with Crippen LogP contribution in [0.4, 0.5) is 5.69 Å². The maximum absolute atomic E-state index is 13.1. The number of rotatable bonds is 5. The van der Waals surface area contributed by atoms with Crippen molar-refractivity contribution < 1.29 is 29.0 Å². The molecule has 4 rings (SSSR count). The van der Waals surface area contributed by atoms with Gasteiger partial charge in [0.05, 0.1) is 30.7 Å². The van der Waals surface area contributed by atoms with Gasteiger partial charge in [-0.2, -0.15) is 0 Å². The fourth-order valence-electron chi connectivity index (χ4n) is 3.43. The summed E-state index contributed by atoms with van der Waals surface area (Å²) in [4.78, 5) is 27.4. The van der Waals surface area contributed by atoms with Gasteiger partial charge in [-0.25, -0.2) is 0 Å². The lowest BCUT2D eigenvalue weighted by Crippen LogP contribution is -2.31. The van der Waals surface area contributed by atoms with Gasteiger partial charge in [-0.15, -0.1) is 0 Å². The summed E-state index contributed by atoms with van der Waals surface area (Å²) >= 11 is 0. The molecule has 2 aromatic carbocycles. The maximum Gasteiger partial charge on any atom is 0.294 e. The zero-order valence-electron chi connectivity index (χ0n) is 15.4. The Balaban J connectivity index is 1.91. The van der Waals surface area contributed by atoms with Gasteiger partial charge < -0.3 is 19.4 Å². The molecule has 3 aromatic rings. The molecule has 1 amide bonds. The number of ketones is 1. The van der Waals surface area contributed by atoms with Gasteiger partial charge in [0.15, 0.2) is 11.5 Å². The van der Waals surface area contributed by atoms with Gasteiger partial charge in [-0.05, 0) is 42.0 Å². The van der Waals surface area contributed by atoms with E-state index in [1.54, 1.807) is 42.5 Å². The van der Waals surface area contributed by atoms with Crippen LogP contribution in [0.3, 0.4) is 0 Å². The molecule has 0 radical (unpaired) electrons. The SMILES string of the molecule is COc1ccccc1N1C(=O)C(O)=C(C(=O)c2ccco2)C1c1ccc(O)cc1. The molecule has 0 spiro atoms. The van der Waals surface area contributed by atoms with Crippen molar-refractivity contribution in [1.82, 2.24) is 0 Å². The number of para-hydroxylation sites is 2. The molecular formula is C22H17NO6. The number of carbonyl (C=O) groups is 2. The van der Waals surface area contributed by atoms with Crippen LogP contribution in [0.5, 0.6) is 11.5 Å². The van der Waals surface area contributed by atoms with Crippen molar-refractivity contribution in [2.45, 2.75) is 6.04 Å². The summed E-state index contributed by atoms with van der Waals surface area (Å²) in [7, 11) is 1.47. The number of amides is 1. The van der Waals surface area contributed by atoms with Gasteiger partial charge in [-0.1, -0.05) is 24.3 Å². The number of aliphatic hydroxyl groups excluding tert-OH is 1. The van der Waals surface area contributed by atoms with Gasteiger partial charge in [-0.3, -0.25) is 14.5 Å². The summed E-state index contributed by atoms with van der Waals surface area (Å²) < 4.78 is 10.6. The van der Waals surface area contributed by atoms with Gasteiger partial charge in [0.1, 0.15) is 11.5 Å². The highest BCUT2D eigenvalue weighted by Crippen LogP contribution is 2.44. The van der Waals surface area contributed by atoms with Crippen LogP contribution in [0.15, 0.2) is 82.7 Å². The summed E-state index contributed by atoms with van der Waals surface area (Å²) in [6.07, 6.45) is 1.34. The largest absolute Gasteiger partial charge is 0.508 e. The number of Topliss-reactive ketones (excluding diaryl/α,β-unsaturated/α-hetero) is 1. The minimum Gasteiger partial charge on any atom is -0.508 e. The summed E-state index contributed by atoms with van der Waals surface area (Å²) in [5, 5.41) is 20.3. The third kappa shape index (κ3) is 3.02. The van der Waals surface area contributed by atoms with E-state index in [1.807, 2.05) is 0 Å². The third-order valence-corrected chi connectivity index (χ3v) is 4.75. The average molecular weight is 391 g/mol. The zero-order valence-corrected chi connectivity index (χ0v) is 15.4. The number of methoxy groups -OCH3 is 1. The molecule has 29 heavy (non-hydrogen) atoms. The second-order valence-corrected chi connectivity index (χ2v) is 6.41. The monoisotopic (exact) mass is 391 g/mol. The summed E-state index contributed by atoms with van der Waals surface area (Å²) in [5.41, 5.74) is 0.814.